The van der Waals surface area contributed by atoms with Crippen LogP contribution in [0.1, 0.15) is 33.1 Å². The molecule has 1 aliphatic rings. The molecule has 1 saturated heterocycles. The van der Waals surface area contributed by atoms with Crippen LogP contribution in [-0.2, 0) is 9.53 Å². The van der Waals surface area contributed by atoms with Crippen LogP contribution in [0.2, 0.25) is 0 Å². The second kappa shape index (κ2) is 6.97. The topological polar surface area (TPSA) is 41.6 Å². The van der Waals surface area contributed by atoms with Gasteiger partial charge in [0.05, 0.1) is 12.0 Å². The van der Waals surface area contributed by atoms with Crippen molar-refractivity contribution in [1.82, 2.24) is 10.2 Å². The summed E-state index contributed by atoms with van der Waals surface area (Å²) < 4.78 is 5.30. The van der Waals surface area contributed by atoms with E-state index in [4.69, 9.17) is 4.74 Å². The van der Waals surface area contributed by atoms with Crippen molar-refractivity contribution < 1.29 is 9.53 Å². The highest BCUT2D eigenvalue weighted by atomic mass is 16.5. The van der Waals surface area contributed by atoms with Gasteiger partial charge in [0.1, 0.15) is 0 Å². The van der Waals surface area contributed by atoms with E-state index in [1.54, 1.807) is 0 Å². The summed E-state index contributed by atoms with van der Waals surface area (Å²) in [5.41, 5.74) is -0.157. The Hall–Kier alpha value is -0.610. The molecule has 1 amide bonds. The largest absolute Gasteiger partial charge is 0.380 e. The van der Waals surface area contributed by atoms with E-state index < -0.39 is 0 Å². The highest BCUT2D eigenvalue weighted by Crippen LogP contribution is 2.32. The Morgan fingerprint density at radius 3 is 2.76 bits per heavy atom. The Balaban J connectivity index is 2.52. The van der Waals surface area contributed by atoms with Crippen molar-refractivity contribution >= 4 is 5.91 Å². The Kier molecular flexibility index (Phi) is 5.92. The van der Waals surface area contributed by atoms with E-state index >= 15 is 0 Å². The number of nitrogens with one attached hydrogen (secondary N) is 1. The number of carbonyl (C=O) groups is 1. The van der Waals surface area contributed by atoms with Crippen molar-refractivity contribution in [3.8, 4) is 0 Å². The average Bonchev–Trinajstić information content (AvgIpc) is 2.78. The second-order valence-electron chi connectivity index (χ2n) is 4.88. The molecule has 1 atom stereocenters. The smallest absolute Gasteiger partial charge is 0.229 e. The van der Waals surface area contributed by atoms with Gasteiger partial charge >= 0.3 is 0 Å². The highest BCUT2D eigenvalue weighted by molar-refractivity contribution is 5.83. The normalized spacial score (nSPS) is 23.9. The zero-order valence-electron chi connectivity index (χ0n) is 11.4. The fourth-order valence-electron chi connectivity index (χ4n) is 2.58. The van der Waals surface area contributed by atoms with Gasteiger partial charge in [-0.15, -0.1) is 0 Å². The molecule has 1 rings (SSSR count). The van der Waals surface area contributed by atoms with E-state index in [2.05, 4.69) is 12.2 Å². The number of rotatable bonds is 7. The molecule has 0 spiro atoms. The van der Waals surface area contributed by atoms with E-state index in [9.17, 15) is 4.79 Å². The summed E-state index contributed by atoms with van der Waals surface area (Å²) in [4.78, 5) is 14.3. The van der Waals surface area contributed by atoms with Crippen LogP contribution in [0, 0.1) is 5.41 Å². The van der Waals surface area contributed by atoms with Crippen molar-refractivity contribution in [3.05, 3.63) is 0 Å². The van der Waals surface area contributed by atoms with Gasteiger partial charge in [-0.25, -0.2) is 0 Å². The van der Waals surface area contributed by atoms with E-state index in [0.29, 0.717) is 19.8 Å². The number of amides is 1. The highest BCUT2D eigenvalue weighted by Gasteiger charge is 2.41. The monoisotopic (exact) mass is 242 g/mol. The summed E-state index contributed by atoms with van der Waals surface area (Å²) in [5.74, 6) is 0.282. The molecule has 0 saturated carbocycles. The van der Waals surface area contributed by atoms with Gasteiger partial charge < -0.3 is 15.0 Å². The lowest BCUT2D eigenvalue weighted by Gasteiger charge is -2.31. The Labute approximate surface area is 105 Å². The molecule has 1 aliphatic heterocycles. The van der Waals surface area contributed by atoms with Gasteiger partial charge in [0.15, 0.2) is 0 Å². The third-order valence-electron chi connectivity index (χ3n) is 3.55. The summed E-state index contributed by atoms with van der Waals surface area (Å²) >= 11 is 0. The predicted octanol–water partition coefficient (Wildman–Crippen LogP) is 1.26. The zero-order valence-corrected chi connectivity index (χ0v) is 11.4. The van der Waals surface area contributed by atoms with Crippen molar-refractivity contribution in [1.29, 1.82) is 0 Å². The van der Waals surface area contributed by atoms with E-state index in [1.807, 2.05) is 18.9 Å². The molecule has 0 aromatic rings. The standard InChI is InChI=1S/C13H26N2O2/c1-4-6-13(7-8-14-11-13)12(16)15(3)9-10-17-5-2/h14H,4-11H2,1-3H3. The zero-order chi connectivity index (χ0) is 12.7. The van der Waals surface area contributed by atoms with Gasteiger partial charge in [-0.2, -0.15) is 0 Å². The lowest BCUT2D eigenvalue weighted by atomic mass is 9.81. The van der Waals surface area contributed by atoms with Gasteiger partial charge in [-0.1, -0.05) is 13.3 Å². The first-order chi connectivity index (χ1) is 8.16. The molecule has 100 valence electrons. The van der Waals surface area contributed by atoms with Gasteiger partial charge in [0.2, 0.25) is 5.91 Å². The Bertz CT molecular complexity index is 238. The molecule has 1 heterocycles. The number of nitrogens with zero attached hydrogens (tertiary/aromatic N) is 1. The molecule has 1 N–H and O–H groups in total. The molecule has 1 fully saturated rings. The van der Waals surface area contributed by atoms with Crippen molar-refractivity contribution in [2.24, 2.45) is 5.41 Å². The summed E-state index contributed by atoms with van der Waals surface area (Å²) in [7, 11) is 1.89. The quantitative estimate of drug-likeness (QED) is 0.683. The maximum absolute atomic E-state index is 12.5. The van der Waals surface area contributed by atoms with Crippen LogP contribution in [0.15, 0.2) is 0 Å². The minimum Gasteiger partial charge on any atom is -0.380 e. The first kappa shape index (κ1) is 14.5. The lowest BCUT2D eigenvalue weighted by Crippen LogP contribution is -2.44. The van der Waals surface area contributed by atoms with Gasteiger partial charge in [-0.3, -0.25) is 4.79 Å². The number of hydrogen-bond donors (Lipinski definition) is 1. The third-order valence-corrected chi connectivity index (χ3v) is 3.55. The molecule has 17 heavy (non-hydrogen) atoms. The summed E-state index contributed by atoms with van der Waals surface area (Å²) in [6.07, 6.45) is 3.02. The summed E-state index contributed by atoms with van der Waals surface area (Å²) in [6, 6.07) is 0. The summed E-state index contributed by atoms with van der Waals surface area (Å²) in [6.45, 7) is 7.95. The molecular weight excluding hydrogens is 216 g/mol. The van der Waals surface area contributed by atoms with E-state index in [1.165, 1.54) is 0 Å². The van der Waals surface area contributed by atoms with Crippen LogP contribution in [0.25, 0.3) is 0 Å². The van der Waals surface area contributed by atoms with Crippen LogP contribution in [0.5, 0.6) is 0 Å². The molecular formula is C13H26N2O2. The molecule has 0 aliphatic carbocycles. The van der Waals surface area contributed by atoms with Crippen molar-refractivity contribution in [3.63, 3.8) is 0 Å². The molecule has 4 heteroatoms. The van der Waals surface area contributed by atoms with Crippen LogP contribution in [0.4, 0.5) is 0 Å². The van der Waals surface area contributed by atoms with Crippen LogP contribution in [0.3, 0.4) is 0 Å². The maximum Gasteiger partial charge on any atom is 0.229 e. The number of hydrogen-bond acceptors (Lipinski definition) is 3. The number of carbonyl (C=O) groups excluding carboxylic acids is 1. The predicted molar refractivity (Wildman–Crippen MR) is 69.0 cm³/mol. The first-order valence-corrected chi connectivity index (χ1v) is 6.70. The molecule has 4 nitrogen and oxygen atoms in total. The Morgan fingerprint density at radius 1 is 1.47 bits per heavy atom. The minimum atomic E-state index is -0.157. The van der Waals surface area contributed by atoms with Crippen LogP contribution >= 0.6 is 0 Å². The summed E-state index contributed by atoms with van der Waals surface area (Å²) in [5, 5.41) is 3.32. The molecule has 1 unspecified atom stereocenters. The lowest BCUT2D eigenvalue weighted by molar-refractivity contribution is -0.140. The SMILES string of the molecule is CCCC1(C(=O)N(C)CCOCC)CCNC1. The first-order valence-electron chi connectivity index (χ1n) is 6.70. The van der Waals surface area contributed by atoms with E-state index in [0.717, 1.165) is 32.4 Å². The second-order valence-corrected chi connectivity index (χ2v) is 4.88. The van der Waals surface area contributed by atoms with Gasteiger partial charge in [-0.05, 0) is 26.3 Å². The van der Waals surface area contributed by atoms with Crippen LogP contribution in [-0.4, -0.2) is 50.7 Å². The molecule has 0 radical (unpaired) electrons. The molecule has 0 aromatic heterocycles. The third kappa shape index (κ3) is 3.68. The maximum atomic E-state index is 12.5. The Morgan fingerprint density at radius 2 is 2.24 bits per heavy atom. The molecule has 0 bridgehead atoms. The van der Waals surface area contributed by atoms with Crippen molar-refractivity contribution in [2.75, 3.05) is 39.9 Å². The number of likely N-dealkylation sites (N-methyl/N-ethyl adjacent to an activating group) is 1. The fourth-order valence-corrected chi connectivity index (χ4v) is 2.58. The number of ether oxygens (including phenoxy) is 1. The van der Waals surface area contributed by atoms with Crippen LogP contribution < -0.4 is 5.32 Å². The van der Waals surface area contributed by atoms with Gasteiger partial charge in [0.25, 0.3) is 0 Å². The minimum absolute atomic E-state index is 0.157. The van der Waals surface area contributed by atoms with E-state index in [-0.39, 0.29) is 11.3 Å². The average molecular weight is 242 g/mol. The molecule has 0 aromatic carbocycles. The fraction of sp³-hybridized carbons (Fsp3) is 0.923. The van der Waals surface area contributed by atoms with Crippen molar-refractivity contribution in [2.45, 2.75) is 33.1 Å². The van der Waals surface area contributed by atoms with Gasteiger partial charge in [0, 0.05) is 26.7 Å².